The highest BCUT2D eigenvalue weighted by Gasteiger charge is 2.72. The van der Waals surface area contributed by atoms with E-state index < -0.39 is 28.0 Å². The first-order valence-electron chi connectivity index (χ1n) is 8.45. The molecule has 1 heterocycles. The van der Waals surface area contributed by atoms with E-state index in [1.165, 1.54) is 6.08 Å². The third kappa shape index (κ3) is 2.07. The first-order valence-corrected chi connectivity index (χ1v) is 10.1. The molecule has 0 radical (unpaired) electrons. The molecule has 23 heavy (non-hydrogen) atoms. The lowest BCUT2D eigenvalue weighted by Gasteiger charge is -2.37. The van der Waals surface area contributed by atoms with Gasteiger partial charge in [-0.3, -0.25) is 4.79 Å². The Hall–Kier alpha value is -0.880. The van der Waals surface area contributed by atoms with Crippen molar-refractivity contribution >= 4 is 15.9 Å². The van der Waals surface area contributed by atoms with Crippen molar-refractivity contribution in [3.05, 3.63) is 12.2 Å². The van der Waals surface area contributed by atoms with Crippen molar-refractivity contribution in [1.82, 2.24) is 4.31 Å². The van der Waals surface area contributed by atoms with Gasteiger partial charge in [0.25, 0.3) is 0 Å². The Labute approximate surface area is 138 Å². The highest BCUT2D eigenvalue weighted by atomic mass is 32.2. The van der Waals surface area contributed by atoms with Gasteiger partial charge in [0, 0.05) is 5.41 Å². The first-order chi connectivity index (χ1) is 10.6. The zero-order valence-electron chi connectivity index (χ0n) is 14.3. The third-order valence-corrected chi connectivity index (χ3v) is 8.83. The standard InChI is InChI=1S/C17H27NO4S/c1-5-6-13(19)11(2)15(20)18-14-9-12-7-8-17(14,16(12,3)4)10-23(18,21)22/h5-6,11-14,19H,7-10H2,1-4H3/t11-,12?,13-,14?,17?/m1/s1. The van der Waals surface area contributed by atoms with Crippen molar-refractivity contribution in [2.75, 3.05) is 5.75 Å². The zero-order chi connectivity index (χ0) is 17.2. The molecule has 0 aromatic rings. The minimum absolute atomic E-state index is 0.0507. The van der Waals surface area contributed by atoms with E-state index in [1.54, 1.807) is 19.9 Å². The SMILES string of the molecule is CC=C[C@@H](O)[C@@H](C)C(=O)N1C2CC3CCC2(CS1(=O)=O)C3(C)C. The number of rotatable bonds is 3. The van der Waals surface area contributed by atoms with Crippen LogP contribution in [0, 0.1) is 22.7 Å². The topological polar surface area (TPSA) is 74.7 Å². The van der Waals surface area contributed by atoms with Crippen LogP contribution in [0.1, 0.15) is 47.0 Å². The van der Waals surface area contributed by atoms with Gasteiger partial charge in [0.05, 0.1) is 23.8 Å². The van der Waals surface area contributed by atoms with Crippen LogP contribution in [0.15, 0.2) is 12.2 Å². The zero-order valence-corrected chi connectivity index (χ0v) is 15.1. The molecular weight excluding hydrogens is 314 g/mol. The van der Waals surface area contributed by atoms with Crippen LogP contribution in [0.25, 0.3) is 0 Å². The Morgan fingerprint density at radius 1 is 1.39 bits per heavy atom. The fourth-order valence-corrected chi connectivity index (χ4v) is 7.90. The maximum atomic E-state index is 12.9. The molecule has 5 atom stereocenters. The quantitative estimate of drug-likeness (QED) is 0.796. The predicted octanol–water partition coefficient (Wildman–Crippen LogP) is 1.93. The lowest BCUT2D eigenvalue weighted by molar-refractivity contribution is -0.135. The summed E-state index contributed by atoms with van der Waals surface area (Å²) in [4.78, 5) is 12.9. The number of fused-ring (bicyclic) bond motifs is 1. The number of aliphatic hydroxyl groups excluding tert-OH is 1. The maximum absolute atomic E-state index is 12.9. The summed E-state index contributed by atoms with van der Waals surface area (Å²) in [6, 6.07) is -0.228. The second-order valence-corrected chi connectivity index (χ2v) is 9.91. The first kappa shape index (κ1) is 17.0. The Balaban J connectivity index is 1.96. The van der Waals surface area contributed by atoms with Gasteiger partial charge in [0.1, 0.15) is 0 Å². The maximum Gasteiger partial charge on any atom is 0.242 e. The van der Waals surface area contributed by atoms with Crippen molar-refractivity contribution in [3.63, 3.8) is 0 Å². The second-order valence-electron chi connectivity index (χ2n) is 8.06. The van der Waals surface area contributed by atoms with E-state index in [4.69, 9.17) is 0 Å². The number of nitrogens with zero attached hydrogens (tertiary/aromatic N) is 1. The monoisotopic (exact) mass is 341 g/mol. The molecule has 1 aliphatic heterocycles. The van der Waals surface area contributed by atoms with E-state index in [9.17, 15) is 18.3 Å². The van der Waals surface area contributed by atoms with Crippen LogP contribution >= 0.6 is 0 Å². The molecule has 3 rings (SSSR count). The van der Waals surface area contributed by atoms with Crippen LogP contribution in [0.3, 0.4) is 0 Å². The van der Waals surface area contributed by atoms with E-state index in [-0.39, 0.29) is 22.6 Å². The summed E-state index contributed by atoms with van der Waals surface area (Å²) in [7, 11) is -3.61. The van der Waals surface area contributed by atoms with Gasteiger partial charge < -0.3 is 5.11 Å². The van der Waals surface area contributed by atoms with Crippen LogP contribution in [0.5, 0.6) is 0 Å². The predicted molar refractivity (Wildman–Crippen MR) is 88.0 cm³/mol. The molecule has 3 unspecified atom stereocenters. The van der Waals surface area contributed by atoms with Crippen molar-refractivity contribution in [1.29, 1.82) is 0 Å². The number of hydrogen-bond acceptors (Lipinski definition) is 4. The minimum Gasteiger partial charge on any atom is -0.388 e. The fourth-order valence-electron chi connectivity index (χ4n) is 5.29. The molecule has 2 bridgehead atoms. The summed E-state index contributed by atoms with van der Waals surface area (Å²) in [5, 5.41) is 10.1. The van der Waals surface area contributed by atoms with Gasteiger partial charge in [-0.2, -0.15) is 0 Å². The van der Waals surface area contributed by atoms with Crippen LogP contribution in [0.2, 0.25) is 0 Å². The Morgan fingerprint density at radius 3 is 2.61 bits per heavy atom. The van der Waals surface area contributed by atoms with Crippen molar-refractivity contribution in [2.45, 2.75) is 59.1 Å². The number of aliphatic hydroxyl groups is 1. The van der Waals surface area contributed by atoms with E-state index in [2.05, 4.69) is 13.8 Å². The molecule has 2 saturated carbocycles. The number of allylic oxidation sites excluding steroid dienone is 1. The lowest BCUT2D eigenvalue weighted by Crippen LogP contribution is -2.47. The van der Waals surface area contributed by atoms with Gasteiger partial charge >= 0.3 is 0 Å². The molecule has 6 heteroatoms. The van der Waals surface area contributed by atoms with E-state index >= 15 is 0 Å². The molecule has 0 aromatic carbocycles. The number of carbonyl (C=O) groups excluding carboxylic acids is 1. The summed E-state index contributed by atoms with van der Waals surface area (Å²) in [6.07, 6.45) is 4.96. The largest absolute Gasteiger partial charge is 0.388 e. The molecular formula is C17H27NO4S. The second kappa shape index (κ2) is 5.06. The molecule has 1 amide bonds. The van der Waals surface area contributed by atoms with Crippen LogP contribution in [-0.2, 0) is 14.8 Å². The molecule has 1 N–H and O–H groups in total. The lowest BCUT2D eigenvalue weighted by atomic mass is 9.69. The number of carbonyl (C=O) groups is 1. The Morgan fingerprint density at radius 2 is 2.04 bits per heavy atom. The molecule has 1 spiro atoms. The van der Waals surface area contributed by atoms with E-state index in [0.717, 1.165) is 23.6 Å². The number of sulfonamides is 1. The summed E-state index contributed by atoms with van der Waals surface area (Å²) >= 11 is 0. The summed E-state index contributed by atoms with van der Waals surface area (Å²) in [5.74, 6) is -0.653. The Kier molecular flexibility index (Phi) is 3.73. The van der Waals surface area contributed by atoms with Gasteiger partial charge in [0.15, 0.2) is 0 Å². The third-order valence-electron chi connectivity index (χ3n) is 6.92. The van der Waals surface area contributed by atoms with E-state index in [0.29, 0.717) is 5.92 Å². The fraction of sp³-hybridized carbons (Fsp3) is 0.824. The minimum atomic E-state index is -3.61. The van der Waals surface area contributed by atoms with Gasteiger partial charge in [-0.1, -0.05) is 32.9 Å². The highest BCUT2D eigenvalue weighted by molar-refractivity contribution is 7.90. The summed E-state index contributed by atoms with van der Waals surface area (Å²) in [5.41, 5.74) is -0.359. The molecule has 1 saturated heterocycles. The van der Waals surface area contributed by atoms with Crippen LogP contribution < -0.4 is 0 Å². The Bertz CT molecular complexity index is 654. The van der Waals surface area contributed by atoms with Crippen molar-refractivity contribution in [3.8, 4) is 0 Å². The van der Waals surface area contributed by atoms with Crippen LogP contribution in [-0.4, -0.2) is 41.6 Å². The number of hydrogen-bond donors (Lipinski definition) is 1. The van der Waals surface area contributed by atoms with Crippen molar-refractivity contribution < 1.29 is 18.3 Å². The average molecular weight is 341 g/mol. The summed E-state index contributed by atoms with van der Waals surface area (Å²) < 4.78 is 26.7. The van der Waals surface area contributed by atoms with Gasteiger partial charge in [-0.05, 0) is 37.5 Å². The van der Waals surface area contributed by atoms with Gasteiger partial charge in [-0.15, -0.1) is 0 Å². The van der Waals surface area contributed by atoms with Crippen molar-refractivity contribution in [2.24, 2.45) is 22.7 Å². The molecule has 0 aromatic heterocycles. The van der Waals surface area contributed by atoms with Gasteiger partial charge in [-0.25, -0.2) is 12.7 Å². The van der Waals surface area contributed by atoms with Crippen LogP contribution in [0.4, 0.5) is 0 Å². The van der Waals surface area contributed by atoms with Gasteiger partial charge in [0.2, 0.25) is 15.9 Å². The molecule has 3 fully saturated rings. The normalized spacial score (nSPS) is 39.6. The average Bonchev–Trinajstić information content (AvgIpc) is 2.93. The number of amides is 1. The summed E-state index contributed by atoms with van der Waals surface area (Å²) in [6.45, 7) is 7.69. The molecule has 2 aliphatic carbocycles. The molecule has 3 aliphatic rings. The van der Waals surface area contributed by atoms with E-state index in [1.807, 2.05) is 0 Å². The smallest absolute Gasteiger partial charge is 0.242 e. The molecule has 130 valence electrons. The molecule has 5 nitrogen and oxygen atoms in total. The highest BCUT2D eigenvalue weighted by Crippen LogP contribution is 2.70.